The third kappa shape index (κ3) is 4.39. The molecule has 1 aliphatic rings. The Morgan fingerprint density at radius 1 is 1.32 bits per heavy atom. The number of rotatable bonds is 3. The number of unbranched alkanes of at least 4 members (excludes halogenated alkanes) is 2. The molecule has 1 aromatic rings. The van der Waals surface area contributed by atoms with Crippen molar-refractivity contribution in [3.05, 3.63) is 23.9 Å². The molecule has 0 radical (unpaired) electrons. The van der Waals surface area contributed by atoms with Gasteiger partial charge in [-0.25, -0.2) is 9.78 Å². The predicted octanol–water partition coefficient (Wildman–Crippen LogP) is 2.51. The molecule has 0 aliphatic carbocycles. The molecule has 0 N–H and O–H groups in total. The molecule has 22 heavy (non-hydrogen) atoms. The maximum atomic E-state index is 11.5. The zero-order chi connectivity index (χ0) is 15.8. The fourth-order valence-electron chi connectivity index (χ4n) is 2.33. The summed E-state index contributed by atoms with van der Waals surface area (Å²) in [6.45, 7) is 4.99. The number of nitrogens with zero attached hydrogens (tertiary/aromatic N) is 3. The number of pyridine rings is 1. The molecule has 1 saturated heterocycles. The number of ether oxygens (including phenoxy) is 1. The monoisotopic (exact) mass is 301 g/mol. The number of aromatic nitrogens is 1. The van der Waals surface area contributed by atoms with Gasteiger partial charge in [0.1, 0.15) is 11.5 Å². The van der Waals surface area contributed by atoms with Gasteiger partial charge >= 0.3 is 6.09 Å². The van der Waals surface area contributed by atoms with E-state index >= 15 is 0 Å². The van der Waals surface area contributed by atoms with Crippen molar-refractivity contribution in [3.8, 4) is 11.8 Å². The fraction of sp³-hybridized carbons (Fsp3) is 0.529. The molecule has 5 heteroatoms. The van der Waals surface area contributed by atoms with Crippen LogP contribution in [0.5, 0.6) is 0 Å². The lowest BCUT2D eigenvalue weighted by molar-refractivity contribution is 0.121. The molecule has 0 atom stereocenters. The Hall–Kier alpha value is -2.22. The number of methoxy groups -OCH3 is 1. The molecule has 2 heterocycles. The highest BCUT2D eigenvalue weighted by Crippen LogP contribution is 2.14. The second kappa shape index (κ2) is 8.28. The highest BCUT2D eigenvalue weighted by atomic mass is 16.5. The van der Waals surface area contributed by atoms with Crippen LogP contribution in [-0.2, 0) is 4.74 Å². The summed E-state index contributed by atoms with van der Waals surface area (Å²) in [5.74, 6) is 7.21. The van der Waals surface area contributed by atoms with Gasteiger partial charge in [-0.3, -0.25) is 0 Å². The Morgan fingerprint density at radius 3 is 2.77 bits per heavy atom. The third-order valence-electron chi connectivity index (χ3n) is 3.64. The molecule has 1 fully saturated rings. The molecule has 0 bridgehead atoms. The number of carbonyl (C=O) groups is 1. The summed E-state index contributed by atoms with van der Waals surface area (Å²) >= 11 is 0. The van der Waals surface area contributed by atoms with Crippen LogP contribution in [0.1, 0.15) is 31.9 Å². The summed E-state index contributed by atoms with van der Waals surface area (Å²) in [6, 6.07) is 5.91. The van der Waals surface area contributed by atoms with Crippen LogP contribution in [0.3, 0.4) is 0 Å². The lowest BCUT2D eigenvalue weighted by Gasteiger charge is -2.34. The molecule has 0 saturated carbocycles. The zero-order valence-corrected chi connectivity index (χ0v) is 13.3. The van der Waals surface area contributed by atoms with E-state index in [1.165, 1.54) is 7.11 Å². The first-order valence-electron chi connectivity index (χ1n) is 7.78. The summed E-state index contributed by atoms with van der Waals surface area (Å²) in [7, 11) is 1.41. The molecule has 2 rings (SSSR count). The summed E-state index contributed by atoms with van der Waals surface area (Å²) in [6.07, 6.45) is 2.94. The molecular formula is C17H23N3O2. The van der Waals surface area contributed by atoms with Crippen molar-refractivity contribution in [2.24, 2.45) is 0 Å². The van der Waals surface area contributed by atoms with E-state index in [0.29, 0.717) is 13.1 Å². The van der Waals surface area contributed by atoms with Crippen LogP contribution in [0.4, 0.5) is 10.6 Å². The highest BCUT2D eigenvalue weighted by molar-refractivity contribution is 5.67. The quantitative estimate of drug-likeness (QED) is 0.636. The van der Waals surface area contributed by atoms with Crippen molar-refractivity contribution in [2.75, 3.05) is 38.2 Å². The minimum absolute atomic E-state index is 0.261. The van der Waals surface area contributed by atoms with E-state index in [9.17, 15) is 4.79 Å². The largest absolute Gasteiger partial charge is 0.453 e. The molecule has 5 nitrogen and oxygen atoms in total. The molecule has 1 aliphatic heterocycles. The van der Waals surface area contributed by atoms with Crippen LogP contribution in [0.2, 0.25) is 0 Å². The molecule has 0 spiro atoms. The summed E-state index contributed by atoms with van der Waals surface area (Å²) < 4.78 is 4.75. The Morgan fingerprint density at radius 2 is 2.09 bits per heavy atom. The van der Waals surface area contributed by atoms with Crippen LogP contribution in [-0.4, -0.2) is 49.3 Å². The number of carbonyl (C=O) groups excluding carboxylic acids is 1. The molecule has 1 amide bonds. The van der Waals surface area contributed by atoms with Crippen molar-refractivity contribution in [1.82, 2.24) is 9.88 Å². The van der Waals surface area contributed by atoms with Gasteiger partial charge < -0.3 is 14.5 Å². The standard InChI is InChI=1S/C17H23N3O2/c1-3-4-5-6-8-15-9-7-10-16(18-15)19-11-13-20(14-12-19)17(21)22-2/h7,9-10H,3-5,11-14H2,1-2H3. The van der Waals surface area contributed by atoms with Crippen LogP contribution in [0.15, 0.2) is 18.2 Å². The Kier molecular flexibility index (Phi) is 6.08. The number of piperazine rings is 1. The molecule has 0 aromatic carbocycles. The Balaban J connectivity index is 1.95. The Labute approximate surface area is 132 Å². The highest BCUT2D eigenvalue weighted by Gasteiger charge is 2.22. The lowest BCUT2D eigenvalue weighted by Crippen LogP contribution is -2.49. The van der Waals surface area contributed by atoms with Gasteiger partial charge in [-0.15, -0.1) is 0 Å². The first-order valence-corrected chi connectivity index (χ1v) is 7.78. The number of amides is 1. The summed E-state index contributed by atoms with van der Waals surface area (Å²) in [5, 5.41) is 0. The maximum Gasteiger partial charge on any atom is 0.409 e. The molecule has 0 unspecified atom stereocenters. The van der Waals surface area contributed by atoms with Gasteiger partial charge in [-0.05, 0) is 24.5 Å². The lowest BCUT2D eigenvalue weighted by atomic mass is 10.2. The van der Waals surface area contributed by atoms with Crippen LogP contribution in [0.25, 0.3) is 0 Å². The van der Waals surface area contributed by atoms with Gasteiger partial charge in [0, 0.05) is 32.6 Å². The van der Waals surface area contributed by atoms with Gasteiger partial charge in [0.25, 0.3) is 0 Å². The van der Waals surface area contributed by atoms with Crippen LogP contribution in [0, 0.1) is 11.8 Å². The smallest absolute Gasteiger partial charge is 0.409 e. The van der Waals surface area contributed by atoms with Gasteiger partial charge in [0.05, 0.1) is 7.11 Å². The van der Waals surface area contributed by atoms with Crippen molar-refractivity contribution >= 4 is 11.9 Å². The average Bonchev–Trinajstić information content (AvgIpc) is 2.58. The first-order chi connectivity index (χ1) is 10.7. The van der Waals surface area contributed by atoms with Crippen molar-refractivity contribution in [1.29, 1.82) is 0 Å². The minimum Gasteiger partial charge on any atom is -0.453 e. The minimum atomic E-state index is -0.261. The average molecular weight is 301 g/mol. The fourth-order valence-corrected chi connectivity index (χ4v) is 2.33. The van der Waals surface area contributed by atoms with E-state index in [2.05, 4.69) is 28.6 Å². The zero-order valence-electron chi connectivity index (χ0n) is 13.3. The summed E-state index contributed by atoms with van der Waals surface area (Å²) in [4.78, 5) is 20.0. The molecular weight excluding hydrogens is 278 g/mol. The number of hydrogen-bond donors (Lipinski definition) is 0. The van der Waals surface area contributed by atoms with Gasteiger partial charge in [-0.1, -0.05) is 25.3 Å². The molecule has 1 aromatic heterocycles. The van der Waals surface area contributed by atoms with Crippen LogP contribution < -0.4 is 4.90 Å². The second-order valence-electron chi connectivity index (χ2n) is 5.23. The van der Waals surface area contributed by atoms with E-state index in [1.807, 2.05) is 18.2 Å². The van der Waals surface area contributed by atoms with E-state index < -0.39 is 0 Å². The summed E-state index contributed by atoms with van der Waals surface area (Å²) in [5.41, 5.74) is 0.809. The number of hydrogen-bond acceptors (Lipinski definition) is 4. The topological polar surface area (TPSA) is 45.7 Å². The van der Waals surface area contributed by atoms with Crippen molar-refractivity contribution < 1.29 is 9.53 Å². The normalized spacial score (nSPS) is 14.3. The van der Waals surface area contributed by atoms with Gasteiger partial charge in [0.15, 0.2) is 0 Å². The Bertz CT molecular complexity index is 555. The van der Waals surface area contributed by atoms with Crippen LogP contribution >= 0.6 is 0 Å². The van der Waals surface area contributed by atoms with Gasteiger partial charge in [-0.2, -0.15) is 0 Å². The van der Waals surface area contributed by atoms with E-state index in [-0.39, 0.29) is 6.09 Å². The third-order valence-corrected chi connectivity index (χ3v) is 3.64. The predicted molar refractivity (Wildman–Crippen MR) is 86.8 cm³/mol. The number of anilines is 1. The maximum absolute atomic E-state index is 11.5. The van der Waals surface area contributed by atoms with E-state index in [4.69, 9.17) is 4.74 Å². The second-order valence-corrected chi connectivity index (χ2v) is 5.23. The first kappa shape index (κ1) is 16.2. The van der Waals surface area contributed by atoms with Crippen molar-refractivity contribution in [3.63, 3.8) is 0 Å². The van der Waals surface area contributed by atoms with Gasteiger partial charge in [0.2, 0.25) is 0 Å². The van der Waals surface area contributed by atoms with E-state index in [0.717, 1.165) is 43.9 Å². The van der Waals surface area contributed by atoms with Crippen molar-refractivity contribution in [2.45, 2.75) is 26.2 Å². The molecule has 118 valence electrons. The SMILES string of the molecule is CCCCC#Cc1cccc(N2CCN(C(=O)OC)CC2)n1. The van der Waals surface area contributed by atoms with E-state index in [1.54, 1.807) is 4.90 Å².